The molecule has 0 saturated carbocycles. The fourth-order valence-corrected chi connectivity index (χ4v) is 4.03. The highest BCUT2D eigenvalue weighted by Crippen LogP contribution is 2.24. The number of hydrogen-bond acceptors (Lipinski definition) is 5. The number of amides is 1. The molecule has 0 aliphatic carbocycles. The highest BCUT2D eigenvalue weighted by Gasteiger charge is 2.22. The summed E-state index contributed by atoms with van der Waals surface area (Å²) in [4.78, 5) is 33.1. The zero-order valence-electron chi connectivity index (χ0n) is 15.5. The lowest BCUT2D eigenvalue weighted by atomic mass is 10.1. The van der Waals surface area contributed by atoms with Gasteiger partial charge in [0.25, 0.3) is 11.5 Å². The summed E-state index contributed by atoms with van der Waals surface area (Å²) in [7, 11) is 0. The Kier molecular flexibility index (Phi) is 4.09. The van der Waals surface area contributed by atoms with Crippen LogP contribution in [-0.4, -0.2) is 46.5 Å². The van der Waals surface area contributed by atoms with Gasteiger partial charge in [-0.3, -0.25) is 24.0 Å². The van der Waals surface area contributed by atoms with Crippen LogP contribution in [0.15, 0.2) is 53.5 Å². The Morgan fingerprint density at radius 1 is 1.00 bits per heavy atom. The number of nitrogens with one attached hydrogen (secondary N) is 1. The zero-order valence-corrected chi connectivity index (χ0v) is 15.5. The molecule has 1 aromatic carbocycles. The molecule has 2 aliphatic heterocycles. The maximum Gasteiger partial charge on any atom is 0.252 e. The Balaban J connectivity index is 1.30. The number of aromatic nitrogens is 2. The standard InChI is InChI=1S/C21H21N5O2/c27-20-6-5-18-19(2-1-7-22-18)26(20)14-24-8-10-25(11-9-24)16-3-4-17-15(12-16)13-23-21(17)28/h1-7,12H,8-11,13-14H2,(H,23,28). The molecule has 28 heavy (non-hydrogen) atoms. The van der Waals surface area contributed by atoms with Gasteiger partial charge < -0.3 is 10.2 Å². The first-order chi connectivity index (χ1) is 13.7. The van der Waals surface area contributed by atoms with Gasteiger partial charge in [-0.1, -0.05) is 0 Å². The summed E-state index contributed by atoms with van der Waals surface area (Å²) >= 11 is 0. The molecule has 1 N–H and O–H groups in total. The van der Waals surface area contributed by atoms with Gasteiger partial charge in [0.05, 0.1) is 17.7 Å². The third kappa shape index (κ3) is 2.93. The van der Waals surface area contributed by atoms with Crippen molar-refractivity contribution in [3.63, 3.8) is 0 Å². The van der Waals surface area contributed by atoms with Crippen LogP contribution in [0.5, 0.6) is 0 Å². The topological polar surface area (TPSA) is 70.5 Å². The van der Waals surface area contributed by atoms with Gasteiger partial charge in [0.1, 0.15) is 0 Å². The molecule has 2 aromatic heterocycles. The van der Waals surface area contributed by atoms with Crippen LogP contribution in [-0.2, 0) is 13.2 Å². The number of benzene rings is 1. The van der Waals surface area contributed by atoms with Gasteiger partial charge in [-0.2, -0.15) is 0 Å². The van der Waals surface area contributed by atoms with E-state index in [4.69, 9.17) is 0 Å². The summed E-state index contributed by atoms with van der Waals surface area (Å²) in [5.41, 5.74) is 4.71. The first kappa shape index (κ1) is 16.9. The van der Waals surface area contributed by atoms with E-state index in [-0.39, 0.29) is 11.5 Å². The van der Waals surface area contributed by atoms with Crippen LogP contribution in [0.4, 0.5) is 5.69 Å². The number of carbonyl (C=O) groups excluding carboxylic acids is 1. The molecule has 1 amide bonds. The molecule has 7 nitrogen and oxygen atoms in total. The lowest BCUT2D eigenvalue weighted by Crippen LogP contribution is -2.47. The van der Waals surface area contributed by atoms with Gasteiger partial charge in [-0.25, -0.2) is 0 Å². The second kappa shape index (κ2) is 6.76. The van der Waals surface area contributed by atoms with Crippen molar-refractivity contribution in [2.75, 3.05) is 31.1 Å². The Bertz CT molecular complexity index is 1120. The van der Waals surface area contributed by atoms with Crippen LogP contribution >= 0.6 is 0 Å². The Morgan fingerprint density at radius 3 is 2.71 bits per heavy atom. The molecule has 0 bridgehead atoms. The van der Waals surface area contributed by atoms with Crippen molar-refractivity contribution in [3.8, 4) is 0 Å². The molecule has 0 atom stereocenters. The van der Waals surface area contributed by atoms with Crippen molar-refractivity contribution in [3.05, 3.63) is 70.1 Å². The van der Waals surface area contributed by atoms with Crippen LogP contribution in [0.25, 0.3) is 11.0 Å². The molecular weight excluding hydrogens is 354 g/mol. The Morgan fingerprint density at radius 2 is 1.86 bits per heavy atom. The van der Waals surface area contributed by atoms with Crippen molar-refractivity contribution in [1.29, 1.82) is 0 Å². The van der Waals surface area contributed by atoms with Crippen LogP contribution < -0.4 is 15.8 Å². The minimum absolute atomic E-state index is 0.00119. The number of carbonyl (C=O) groups is 1. The van der Waals surface area contributed by atoms with E-state index in [1.807, 2.05) is 24.3 Å². The fourth-order valence-electron chi connectivity index (χ4n) is 4.03. The Hall–Kier alpha value is -3.19. The fraction of sp³-hybridized carbons (Fsp3) is 0.286. The number of fused-ring (bicyclic) bond motifs is 2. The molecule has 0 radical (unpaired) electrons. The molecular formula is C21H21N5O2. The first-order valence-corrected chi connectivity index (χ1v) is 9.52. The molecule has 1 fully saturated rings. The van der Waals surface area contributed by atoms with Gasteiger partial charge in [0.2, 0.25) is 0 Å². The average Bonchev–Trinajstić information content (AvgIpc) is 3.11. The third-order valence-corrected chi connectivity index (χ3v) is 5.61. The summed E-state index contributed by atoms with van der Waals surface area (Å²) in [6.45, 7) is 4.70. The van der Waals surface area contributed by atoms with Crippen molar-refractivity contribution in [2.24, 2.45) is 0 Å². The first-order valence-electron chi connectivity index (χ1n) is 9.52. The minimum atomic E-state index is -0.00119. The van der Waals surface area contributed by atoms with Gasteiger partial charge in [0.15, 0.2) is 0 Å². The molecule has 4 heterocycles. The molecule has 1 saturated heterocycles. The quantitative estimate of drug-likeness (QED) is 0.750. The van der Waals surface area contributed by atoms with E-state index in [1.165, 1.54) is 0 Å². The van der Waals surface area contributed by atoms with Crippen LogP contribution in [0.1, 0.15) is 15.9 Å². The molecule has 2 aliphatic rings. The second-order valence-corrected chi connectivity index (χ2v) is 7.28. The van der Waals surface area contributed by atoms with Crippen molar-refractivity contribution in [1.82, 2.24) is 19.8 Å². The molecule has 5 rings (SSSR count). The monoisotopic (exact) mass is 375 g/mol. The van der Waals surface area contributed by atoms with Crippen LogP contribution in [0, 0.1) is 0 Å². The molecule has 0 unspecified atom stereocenters. The second-order valence-electron chi connectivity index (χ2n) is 7.28. The molecule has 142 valence electrons. The summed E-state index contributed by atoms with van der Waals surface area (Å²) in [5.74, 6) is 0.0152. The smallest absolute Gasteiger partial charge is 0.252 e. The summed E-state index contributed by atoms with van der Waals surface area (Å²) in [6, 6.07) is 13.2. The molecule has 0 spiro atoms. The van der Waals surface area contributed by atoms with E-state index in [1.54, 1.807) is 22.9 Å². The van der Waals surface area contributed by atoms with Gasteiger partial charge in [-0.15, -0.1) is 0 Å². The minimum Gasteiger partial charge on any atom is -0.369 e. The average molecular weight is 375 g/mol. The predicted molar refractivity (Wildman–Crippen MR) is 107 cm³/mol. The van der Waals surface area contributed by atoms with E-state index >= 15 is 0 Å². The van der Waals surface area contributed by atoms with E-state index in [9.17, 15) is 9.59 Å². The maximum atomic E-state index is 12.4. The van der Waals surface area contributed by atoms with Gasteiger partial charge in [0, 0.05) is 56.2 Å². The molecule has 3 aromatic rings. The highest BCUT2D eigenvalue weighted by atomic mass is 16.2. The van der Waals surface area contributed by atoms with Crippen molar-refractivity contribution in [2.45, 2.75) is 13.2 Å². The number of hydrogen-bond donors (Lipinski definition) is 1. The number of rotatable bonds is 3. The zero-order chi connectivity index (χ0) is 19.1. The number of anilines is 1. The normalized spacial score (nSPS) is 17.0. The summed E-state index contributed by atoms with van der Waals surface area (Å²) < 4.78 is 1.80. The third-order valence-electron chi connectivity index (χ3n) is 5.61. The molecule has 7 heteroatoms. The van der Waals surface area contributed by atoms with Gasteiger partial charge >= 0.3 is 0 Å². The number of pyridine rings is 2. The van der Waals surface area contributed by atoms with E-state index in [0.717, 1.165) is 54.0 Å². The van der Waals surface area contributed by atoms with E-state index < -0.39 is 0 Å². The maximum absolute atomic E-state index is 12.4. The van der Waals surface area contributed by atoms with Crippen LogP contribution in [0.3, 0.4) is 0 Å². The van der Waals surface area contributed by atoms with Crippen LogP contribution in [0.2, 0.25) is 0 Å². The lowest BCUT2D eigenvalue weighted by molar-refractivity contribution is 0.0966. The van der Waals surface area contributed by atoms with Crippen molar-refractivity contribution >= 4 is 22.6 Å². The highest BCUT2D eigenvalue weighted by molar-refractivity contribution is 5.98. The largest absolute Gasteiger partial charge is 0.369 e. The number of piperazine rings is 1. The van der Waals surface area contributed by atoms with Crippen molar-refractivity contribution < 1.29 is 4.79 Å². The Labute approximate surface area is 162 Å². The lowest BCUT2D eigenvalue weighted by Gasteiger charge is -2.36. The van der Waals surface area contributed by atoms with Gasteiger partial charge in [-0.05, 0) is 42.0 Å². The summed E-state index contributed by atoms with van der Waals surface area (Å²) in [6.07, 6.45) is 1.75. The van der Waals surface area contributed by atoms with E-state index in [0.29, 0.717) is 13.2 Å². The SMILES string of the molecule is O=C1NCc2cc(N3CCN(Cn4c(=O)ccc5ncccc54)CC3)ccc21. The van der Waals surface area contributed by atoms with E-state index in [2.05, 4.69) is 26.2 Å². The number of nitrogens with zero attached hydrogens (tertiary/aromatic N) is 4. The summed E-state index contributed by atoms with van der Waals surface area (Å²) in [5, 5.41) is 2.87. The predicted octanol–water partition coefficient (Wildman–Crippen LogP) is 1.42.